The van der Waals surface area contributed by atoms with Gasteiger partial charge in [-0.25, -0.2) is 0 Å². The van der Waals surface area contributed by atoms with Crippen molar-refractivity contribution in [1.29, 1.82) is 0 Å². The summed E-state index contributed by atoms with van der Waals surface area (Å²) in [5, 5.41) is 20.4. The van der Waals surface area contributed by atoms with Gasteiger partial charge in [0.25, 0.3) is 0 Å². The number of aliphatic carboxylic acids is 1. The minimum absolute atomic E-state index is 0.235. The molecule has 0 rings (SSSR count). The largest absolute Gasteiger partial charge is 0.481 e. The quantitative estimate of drug-likeness (QED) is 0.338. The summed E-state index contributed by atoms with van der Waals surface area (Å²) < 4.78 is 7.42. The highest BCUT2D eigenvalue weighted by Gasteiger charge is 2.28. The van der Waals surface area contributed by atoms with E-state index in [0.29, 0.717) is 0 Å². The number of amides is 3. The van der Waals surface area contributed by atoms with Crippen LogP contribution in [0.2, 0.25) is 1.41 Å². The van der Waals surface area contributed by atoms with Gasteiger partial charge in [-0.2, -0.15) is 0 Å². The fourth-order valence-corrected chi connectivity index (χ4v) is 1.39. The molecule has 9 nitrogen and oxygen atoms in total. The Morgan fingerprint density at radius 1 is 1.35 bits per heavy atom. The number of carboxylic acids is 1. The Kier molecular flexibility index (Phi) is 6.44. The molecule has 0 fully saturated rings. The highest BCUT2D eigenvalue weighted by Crippen LogP contribution is 2.00. The molecule has 20 heavy (non-hydrogen) atoms. The fourth-order valence-electron chi connectivity index (χ4n) is 1.39. The monoisotopic (exact) mass is 290 g/mol. The molecule has 0 aliphatic rings. The zero-order chi connectivity index (χ0) is 16.7. The van der Waals surface area contributed by atoms with Gasteiger partial charge in [0, 0.05) is 13.3 Å². The first-order valence-corrected chi connectivity index (χ1v) is 5.86. The molecule has 0 spiro atoms. The van der Waals surface area contributed by atoms with Gasteiger partial charge in [-0.15, -0.1) is 0 Å². The van der Waals surface area contributed by atoms with Gasteiger partial charge < -0.3 is 26.6 Å². The molecule has 0 heterocycles. The number of nitrogens with one attached hydrogen (secondary N) is 2. The van der Waals surface area contributed by atoms with Crippen LogP contribution in [-0.2, 0) is 19.2 Å². The number of carboxylic acid groups (broad SMARTS) is 1. The van der Waals surface area contributed by atoms with Crippen molar-refractivity contribution in [3.63, 3.8) is 0 Å². The summed E-state index contributed by atoms with van der Waals surface area (Å²) in [6.07, 6.45) is -2.00. The van der Waals surface area contributed by atoms with Gasteiger partial charge in [-0.05, 0) is 13.3 Å². The lowest BCUT2D eigenvalue weighted by Crippen LogP contribution is -2.56. The summed E-state index contributed by atoms with van der Waals surface area (Å²) in [7, 11) is 0. The second kappa shape index (κ2) is 8.10. The molecule has 3 amide bonds. The van der Waals surface area contributed by atoms with E-state index < -0.39 is 48.3 Å². The van der Waals surface area contributed by atoms with E-state index in [9.17, 15) is 24.3 Å². The normalized spacial score (nSPS) is 15.4. The van der Waals surface area contributed by atoms with E-state index in [4.69, 9.17) is 12.3 Å². The maximum Gasteiger partial charge on any atom is 0.303 e. The average molecular weight is 290 g/mol. The second-order valence-corrected chi connectivity index (χ2v) is 4.23. The Balaban J connectivity index is 4.96. The highest BCUT2D eigenvalue weighted by molar-refractivity contribution is 5.91. The SMILES string of the molecule is [2H]N(C(C)=O)[C@H](C(=O)N[C@@H](CCC(=O)O)C(N)=O)[C@@H](C)O. The summed E-state index contributed by atoms with van der Waals surface area (Å²) in [4.78, 5) is 44.7. The zero-order valence-electron chi connectivity index (χ0n) is 12.2. The van der Waals surface area contributed by atoms with Crippen LogP contribution in [0.5, 0.6) is 0 Å². The van der Waals surface area contributed by atoms with Crippen molar-refractivity contribution in [1.82, 2.24) is 10.6 Å². The standard InChI is InChI=1S/C11H19N3O6/c1-5(15)9(13-6(2)16)11(20)14-7(10(12)19)3-4-8(17)18/h5,7,9,15H,3-4H2,1-2H3,(H2,12,19)(H,13,16)(H,14,20)(H,17,18)/t5-,7+,9+/m1/s1/i/hD. The Bertz CT molecular complexity index is 428. The number of aliphatic hydroxyl groups is 1. The van der Waals surface area contributed by atoms with Crippen LogP contribution < -0.4 is 16.4 Å². The summed E-state index contributed by atoms with van der Waals surface area (Å²) >= 11 is 0. The van der Waals surface area contributed by atoms with Gasteiger partial charge in [-0.1, -0.05) is 0 Å². The number of hydrogen-bond acceptors (Lipinski definition) is 5. The summed E-state index contributed by atoms with van der Waals surface area (Å²) in [6.45, 7) is 2.23. The third kappa shape index (κ3) is 6.69. The van der Waals surface area contributed by atoms with E-state index in [2.05, 4.69) is 5.32 Å². The number of aliphatic hydroxyl groups excluding tert-OH is 1. The molecule has 0 aromatic heterocycles. The number of carbonyl (C=O) groups is 4. The number of primary amides is 1. The highest BCUT2D eigenvalue weighted by atomic mass is 16.4. The van der Waals surface area contributed by atoms with Gasteiger partial charge in [-0.3, -0.25) is 19.2 Å². The van der Waals surface area contributed by atoms with E-state index in [-0.39, 0.29) is 11.7 Å². The summed E-state index contributed by atoms with van der Waals surface area (Å²) in [5.41, 5.74) is 5.05. The van der Waals surface area contributed by atoms with Gasteiger partial charge in [0.2, 0.25) is 17.7 Å². The molecule has 0 bridgehead atoms. The molecular weight excluding hydrogens is 270 g/mol. The molecule has 0 aliphatic carbocycles. The van der Waals surface area contributed by atoms with Crippen LogP contribution >= 0.6 is 0 Å². The van der Waals surface area contributed by atoms with Gasteiger partial charge in [0.15, 0.2) is 1.41 Å². The smallest absolute Gasteiger partial charge is 0.303 e. The van der Waals surface area contributed by atoms with E-state index in [1.165, 1.54) is 6.92 Å². The van der Waals surface area contributed by atoms with Gasteiger partial charge in [0.1, 0.15) is 12.1 Å². The zero-order valence-corrected chi connectivity index (χ0v) is 11.2. The number of rotatable bonds is 8. The van der Waals surface area contributed by atoms with Crippen LogP contribution in [0.4, 0.5) is 0 Å². The van der Waals surface area contributed by atoms with Crippen molar-refractivity contribution in [2.24, 2.45) is 5.73 Å². The Morgan fingerprint density at radius 3 is 2.25 bits per heavy atom. The third-order valence-corrected chi connectivity index (χ3v) is 2.35. The second-order valence-electron chi connectivity index (χ2n) is 4.23. The van der Waals surface area contributed by atoms with Crippen molar-refractivity contribution >= 4 is 23.7 Å². The summed E-state index contributed by atoms with van der Waals surface area (Å²) in [5.74, 6) is -3.87. The van der Waals surface area contributed by atoms with Crippen LogP contribution in [0, 0.1) is 0 Å². The van der Waals surface area contributed by atoms with Crippen LogP contribution in [0.25, 0.3) is 0 Å². The lowest BCUT2D eigenvalue weighted by atomic mass is 10.1. The molecule has 0 aromatic carbocycles. The van der Waals surface area contributed by atoms with Crippen LogP contribution in [0.3, 0.4) is 0 Å². The third-order valence-electron chi connectivity index (χ3n) is 2.35. The number of hydrogen-bond donors (Lipinski definition) is 5. The number of nitrogens with two attached hydrogens (primary N) is 1. The van der Waals surface area contributed by atoms with E-state index in [0.717, 1.165) is 6.92 Å². The molecule has 0 aliphatic heterocycles. The van der Waals surface area contributed by atoms with E-state index in [1.807, 2.05) is 0 Å². The average Bonchev–Trinajstić information content (AvgIpc) is 2.33. The van der Waals surface area contributed by atoms with Crippen molar-refractivity contribution in [2.45, 2.75) is 44.9 Å². The minimum Gasteiger partial charge on any atom is -0.481 e. The Labute approximate surface area is 117 Å². The molecule has 0 saturated carbocycles. The molecule has 6 N–H and O–H groups in total. The van der Waals surface area contributed by atoms with Crippen molar-refractivity contribution in [3.05, 3.63) is 0 Å². The predicted octanol–water partition coefficient (Wildman–Crippen LogP) is -2.29. The molecule has 3 atom stereocenters. The number of carbonyl (C=O) groups excluding carboxylic acids is 3. The molecule has 114 valence electrons. The first kappa shape index (κ1) is 15.9. The molecule has 9 heteroatoms. The lowest BCUT2D eigenvalue weighted by Gasteiger charge is -2.22. The topological polar surface area (TPSA) is 159 Å². The predicted molar refractivity (Wildman–Crippen MR) is 67.3 cm³/mol. The first-order valence-electron chi connectivity index (χ1n) is 6.30. The van der Waals surface area contributed by atoms with Crippen molar-refractivity contribution in [2.75, 3.05) is 0 Å². The lowest BCUT2D eigenvalue weighted by molar-refractivity contribution is -0.138. The fraction of sp³-hybridized carbons (Fsp3) is 0.636. The van der Waals surface area contributed by atoms with Gasteiger partial charge >= 0.3 is 5.97 Å². The van der Waals surface area contributed by atoms with E-state index >= 15 is 0 Å². The van der Waals surface area contributed by atoms with Gasteiger partial charge in [0.05, 0.1) is 6.10 Å². The van der Waals surface area contributed by atoms with Crippen LogP contribution in [0.15, 0.2) is 0 Å². The Morgan fingerprint density at radius 2 is 1.90 bits per heavy atom. The van der Waals surface area contributed by atoms with Crippen molar-refractivity contribution < 1.29 is 30.8 Å². The minimum atomic E-state index is -1.53. The summed E-state index contributed by atoms with van der Waals surface area (Å²) in [6, 6.07) is -2.80. The maximum atomic E-state index is 11.9. The molecule has 0 radical (unpaired) electrons. The molecule has 0 unspecified atom stereocenters. The maximum absolute atomic E-state index is 11.9. The van der Waals surface area contributed by atoms with E-state index in [1.54, 1.807) is 0 Å². The Hall–Kier alpha value is -2.16. The molecule has 0 saturated heterocycles. The van der Waals surface area contributed by atoms with Crippen LogP contribution in [-0.4, -0.2) is 52.1 Å². The molecular formula is C11H19N3O6. The van der Waals surface area contributed by atoms with Crippen LogP contribution in [0.1, 0.15) is 26.7 Å². The first-order chi connectivity index (χ1) is 9.57. The van der Waals surface area contributed by atoms with Crippen molar-refractivity contribution in [3.8, 4) is 0 Å². The molecule has 0 aromatic rings.